The minimum Gasteiger partial charge on any atom is -0.356 e. The largest absolute Gasteiger partial charge is 0.356 e. The first-order valence-corrected chi connectivity index (χ1v) is 4.43. The Morgan fingerprint density at radius 3 is 2.79 bits per heavy atom. The van der Waals surface area contributed by atoms with Gasteiger partial charge in [0, 0.05) is 0 Å². The van der Waals surface area contributed by atoms with Crippen LogP contribution >= 0.6 is 0 Å². The number of H-pyrrole nitrogens is 1. The van der Waals surface area contributed by atoms with Crippen LogP contribution in [0, 0.1) is 0 Å². The third-order valence-corrected chi connectivity index (χ3v) is 2.14. The fraction of sp³-hybridized carbons (Fsp3) is 0.500. The second-order valence-corrected chi connectivity index (χ2v) is 3.54. The highest BCUT2D eigenvalue weighted by atomic mass is 16.3. The van der Waals surface area contributed by atoms with Gasteiger partial charge < -0.3 is 15.7 Å². The average Bonchev–Trinajstić information content (AvgIpc) is 2.47. The molecule has 14 heavy (non-hydrogen) atoms. The van der Waals surface area contributed by atoms with Gasteiger partial charge in [0.1, 0.15) is 0 Å². The maximum Gasteiger partial charge on any atom is 0.277 e. The molecule has 1 aromatic rings. The molecular weight excluding hydrogens is 184 g/mol. The molecule has 1 amide bonds. The second-order valence-electron chi connectivity index (χ2n) is 3.54. The fourth-order valence-electron chi connectivity index (χ4n) is 1.45. The Morgan fingerprint density at radius 2 is 2.14 bits per heavy atom. The molecule has 1 aromatic heterocycles. The van der Waals surface area contributed by atoms with Crippen LogP contribution in [0.2, 0.25) is 0 Å². The van der Waals surface area contributed by atoms with Crippen LogP contribution in [0.15, 0.2) is 0 Å². The number of aliphatic hydroxyl groups excluding tert-OH is 1. The van der Waals surface area contributed by atoms with Crippen LogP contribution in [0.1, 0.15) is 35.9 Å². The van der Waals surface area contributed by atoms with Crippen molar-refractivity contribution in [1.29, 1.82) is 0 Å². The molecule has 0 fully saturated rings. The van der Waals surface area contributed by atoms with E-state index in [0.717, 1.165) is 5.69 Å². The Hall–Kier alpha value is -1.56. The molecule has 4 N–H and O–H groups in total. The van der Waals surface area contributed by atoms with Gasteiger partial charge in [0.05, 0.1) is 11.4 Å². The number of nitrogens with one attached hydrogen (secondary N) is 3. The summed E-state index contributed by atoms with van der Waals surface area (Å²) in [6, 6.07) is 0. The van der Waals surface area contributed by atoms with Crippen molar-refractivity contribution in [1.82, 2.24) is 15.5 Å². The number of rotatable bonds is 1. The Morgan fingerprint density at radius 1 is 1.43 bits per heavy atom. The van der Waals surface area contributed by atoms with Crippen molar-refractivity contribution in [2.24, 2.45) is 0 Å². The van der Waals surface area contributed by atoms with Crippen molar-refractivity contribution in [2.75, 3.05) is 5.32 Å². The van der Waals surface area contributed by atoms with Crippen LogP contribution in [0.4, 0.5) is 5.69 Å². The molecule has 0 bridgehead atoms. The van der Waals surface area contributed by atoms with Crippen molar-refractivity contribution in [3.05, 3.63) is 11.4 Å². The standard InChI is InChI=1S/C8H12N4O2/c1-3(2)4-5-6(12-11-4)7(13)10-8(14)9-5/h3,8-9,14H,1-2H3,(H,10,13)(H,11,12). The smallest absolute Gasteiger partial charge is 0.277 e. The minimum atomic E-state index is -1.04. The number of hydrogen-bond donors (Lipinski definition) is 4. The molecule has 0 saturated heterocycles. The summed E-state index contributed by atoms with van der Waals surface area (Å²) in [6.45, 7) is 3.96. The lowest BCUT2D eigenvalue weighted by molar-refractivity contribution is 0.0808. The highest BCUT2D eigenvalue weighted by molar-refractivity contribution is 6.00. The number of carbonyl (C=O) groups is 1. The molecule has 1 atom stereocenters. The highest BCUT2D eigenvalue weighted by Gasteiger charge is 2.28. The minimum absolute atomic E-state index is 0.219. The van der Waals surface area contributed by atoms with Gasteiger partial charge in [-0.1, -0.05) is 13.8 Å². The van der Waals surface area contributed by atoms with Gasteiger partial charge in [-0.2, -0.15) is 5.10 Å². The molecular formula is C8H12N4O2. The quantitative estimate of drug-likeness (QED) is 0.507. The lowest BCUT2D eigenvalue weighted by atomic mass is 10.1. The number of anilines is 1. The summed E-state index contributed by atoms with van der Waals surface area (Å²) in [5.41, 5.74) is 1.73. The zero-order valence-electron chi connectivity index (χ0n) is 7.96. The van der Waals surface area contributed by atoms with Crippen molar-refractivity contribution < 1.29 is 9.90 Å². The van der Waals surface area contributed by atoms with Crippen LogP contribution in [0.3, 0.4) is 0 Å². The number of aromatic amines is 1. The van der Waals surface area contributed by atoms with E-state index in [-0.39, 0.29) is 11.8 Å². The molecule has 1 unspecified atom stereocenters. The summed E-state index contributed by atoms with van der Waals surface area (Å²) in [5, 5.41) is 21.0. The van der Waals surface area contributed by atoms with E-state index in [1.54, 1.807) is 0 Å². The first-order chi connectivity index (χ1) is 6.59. The van der Waals surface area contributed by atoms with E-state index in [4.69, 9.17) is 0 Å². The normalized spacial score (nSPS) is 20.3. The van der Waals surface area contributed by atoms with E-state index >= 15 is 0 Å². The SMILES string of the molecule is CC(C)c1[nH]nc2c1NC(O)NC2=O. The topological polar surface area (TPSA) is 90.0 Å². The lowest BCUT2D eigenvalue weighted by Gasteiger charge is -2.21. The second kappa shape index (κ2) is 2.98. The molecule has 6 heteroatoms. The third-order valence-electron chi connectivity index (χ3n) is 2.14. The van der Waals surface area contributed by atoms with Gasteiger partial charge in [0.25, 0.3) is 5.91 Å². The molecule has 1 aliphatic rings. The average molecular weight is 196 g/mol. The van der Waals surface area contributed by atoms with Crippen LogP contribution in [0.5, 0.6) is 0 Å². The van der Waals surface area contributed by atoms with Crippen LogP contribution < -0.4 is 10.6 Å². The molecule has 2 rings (SSSR count). The highest BCUT2D eigenvalue weighted by Crippen LogP contribution is 2.27. The van der Waals surface area contributed by atoms with Gasteiger partial charge in [0.15, 0.2) is 5.69 Å². The van der Waals surface area contributed by atoms with Crippen LogP contribution in [-0.2, 0) is 0 Å². The third kappa shape index (κ3) is 1.24. The summed E-state index contributed by atoms with van der Waals surface area (Å²) >= 11 is 0. The molecule has 76 valence electrons. The monoisotopic (exact) mass is 196 g/mol. The first kappa shape index (κ1) is 9.01. The van der Waals surface area contributed by atoms with E-state index < -0.39 is 6.35 Å². The number of aromatic nitrogens is 2. The number of nitrogens with zero attached hydrogens (tertiary/aromatic N) is 1. The lowest BCUT2D eigenvalue weighted by Crippen LogP contribution is -2.44. The molecule has 2 heterocycles. The molecule has 0 aliphatic carbocycles. The van der Waals surface area contributed by atoms with Crippen molar-refractivity contribution in [3.8, 4) is 0 Å². The molecule has 6 nitrogen and oxygen atoms in total. The van der Waals surface area contributed by atoms with Gasteiger partial charge in [-0.15, -0.1) is 0 Å². The molecule has 0 radical (unpaired) electrons. The molecule has 0 saturated carbocycles. The summed E-state index contributed by atoms with van der Waals surface area (Å²) in [5.74, 6) is -0.147. The molecule has 0 aromatic carbocycles. The Bertz CT molecular complexity index is 371. The maximum absolute atomic E-state index is 11.3. The fourth-order valence-corrected chi connectivity index (χ4v) is 1.45. The van der Waals surface area contributed by atoms with E-state index in [1.807, 2.05) is 13.8 Å². The molecule has 0 spiro atoms. The predicted molar refractivity (Wildman–Crippen MR) is 49.8 cm³/mol. The van der Waals surface area contributed by atoms with Gasteiger partial charge in [-0.3, -0.25) is 9.89 Å². The maximum atomic E-state index is 11.3. The van der Waals surface area contributed by atoms with E-state index in [1.165, 1.54) is 0 Å². The number of fused-ring (bicyclic) bond motifs is 1. The van der Waals surface area contributed by atoms with Gasteiger partial charge in [-0.05, 0) is 5.92 Å². The number of hydrogen-bond acceptors (Lipinski definition) is 4. The van der Waals surface area contributed by atoms with Crippen molar-refractivity contribution >= 4 is 11.6 Å². The van der Waals surface area contributed by atoms with E-state index in [0.29, 0.717) is 11.4 Å². The number of aliphatic hydroxyl groups is 1. The van der Waals surface area contributed by atoms with Crippen molar-refractivity contribution in [3.63, 3.8) is 0 Å². The Kier molecular flexibility index (Phi) is 1.92. The summed E-state index contributed by atoms with van der Waals surface area (Å²) < 4.78 is 0. The zero-order valence-corrected chi connectivity index (χ0v) is 7.96. The Labute approximate surface area is 80.7 Å². The van der Waals surface area contributed by atoms with Crippen LogP contribution in [0.25, 0.3) is 0 Å². The van der Waals surface area contributed by atoms with Crippen LogP contribution in [-0.4, -0.2) is 27.6 Å². The summed E-state index contributed by atoms with van der Waals surface area (Å²) in [6.07, 6.45) is -1.04. The summed E-state index contributed by atoms with van der Waals surface area (Å²) in [7, 11) is 0. The van der Waals surface area contributed by atoms with Crippen molar-refractivity contribution in [2.45, 2.75) is 26.1 Å². The van der Waals surface area contributed by atoms with Gasteiger partial charge >= 0.3 is 0 Å². The predicted octanol–water partition coefficient (Wildman–Crippen LogP) is -0.0357. The zero-order chi connectivity index (χ0) is 10.3. The first-order valence-electron chi connectivity index (χ1n) is 4.43. The molecule has 1 aliphatic heterocycles. The number of amides is 1. The van der Waals surface area contributed by atoms with Gasteiger partial charge in [-0.25, -0.2) is 0 Å². The van der Waals surface area contributed by atoms with E-state index in [9.17, 15) is 9.90 Å². The summed E-state index contributed by atoms with van der Waals surface area (Å²) in [4.78, 5) is 11.3. The Balaban J connectivity index is 2.46. The number of carbonyl (C=O) groups excluding carboxylic acids is 1. The van der Waals surface area contributed by atoms with E-state index in [2.05, 4.69) is 20.8 Å². The van der Waals surface area contributed by atoms with Gasteiger partial charge in [0.2, 0.25) is 6.35 Å².